The monoisotopic (exact) mass is 428 g/mol. The number of aromatic nitrogens is 2. The number of benzene rings is 1. The maximum Gasteiger partial charge on any atom is 0.212 e. The highest BCUT2D eigenvalue weighted by atomic mass is 16.6. The van der Waals surface area contributed by atoms with E-state index in [0.717, 1.165) is 5.56 Å². The second-order valence-electron chi connectivity index (χ2n) is 7.44. The Kier molecular flexibility index (Phi) is 5.78. The standard InChI is InChI=1S/C22H22B2N4O4/c1-12-19(13-6-7-18(30-3)27-11-13)32-20-16(29-2)9-14(10-17(20)31-12)22(23,24)28-21-15(25)5-4-8-26-21/h4-12,19H,25H2,1-3H3,(H,26,28)/t12-,19+/m0/s1. The summed E-state index contributed by atoms with van der Waals surface area (Å²) in [5, 5.41) is 1.46. The average molecular weight is 428 g/mol. The van der Waals surface area contributed by atoms with E-state index in [2.05, 4.69) is 15.3 Å². The minimum Gasteiger partial charge on any atom is -0.493 e. The molecule has 8 nitrogen and oxygen atoms in total. The number of nitrogens with one attached hydrogen (secondary N) is 1. The van der Waals surface area contributed by atoms with Crippen molar-refractivity contribution in [2.45, 2.75) is 24.5 Å². The van der Waals surface area contributed by atoms with Crippen LogP contribution in [0.1, 0.15) is 24.2 Å². The van der Waals surface area contributed by atoms with E-state index < -0.39 is 11.4 Å². The molecule has 0 unspecified atom stereocenters. The van der Waals surface area contributed by atoms with Crippen molar-refractivity contribution in [3.63, 3.8) is 0 Å². The summed E-state index contributed by atoms with van der Waals surface area (Å²) < 4.78 is 23.1. The van der Waals surface area contributed by atoms with Gasteiger partial charge < -0.3 is 30.0 Å². The Labute approximate surface area is 189 Å². The van der Waals surface area contributed by atoms with E-state index in [-0.39, 0.29) is 6.10 Å². The SMILES string of the molecule is [B]C([B])(Nc1ncccc1N)c1cc(OC)c2c(c1)O[C@@H](C)[C@H](c1ccc(OC)nc1)O2. The van der Waals surface area contributed by atoms with Crippen molar-refractivity contribution in [2.75, 3.05) is 25.3 Å². The maximum absolute atomic E-state index is 6.38. The summed E-state index contributed by atoms with van der Waals surface area (Å²) in [7, 11) is 15.8. The largest absolute Gasteiger partial charge is 0.493 e. The molecule has 0 bridgehead atoms. The third-order valence-electron chi connectivity index (χ3n) is 5.16. The van der Waals surface area contributed by atoms with Crippen molar-refractivity contribution in [1.82, 2.24) is 9.97 Å². The summed E-state index contributed by atoms with van der Waals surface area (Å²) in [6.45, 7) is 1.90. The molecule has 2 atom stereocenters. The van der Waals surface area contributed by atoms with E-state index in [9.17, 15) is 0 Å². The Balaban J connectivity index is 1.66. The molecular weight excluding hydrogens is 406 g/mol. The summed E-state index contributed by atoms with van der Waals surface area (Å²) in [6, 6.07) is 10.5. The van der Waals surface area contributed by atoms with E-state index in [1.807, 2.05) is 13.0 Å². The van der Waals surface area contributed by atoms with Gasteiger partial charge in [-0.3, -0.25) is 0 Å². The molecule has 0 saturated heterocycles. The van der Waals surface area contributed by atoms with Crippen LogP contribution >= 0.6 is 0 Å². The molecule has 10 heteroatoms. The molecule has 1 aromatic carbocycles. The zero-order valence-corrected chi connectivity index (χ0v) is 18.0. The van der Waals surface area contributed by atoms with Gasteiger partial charge in [0, 0.05) is 24.0 Å². The fourth-order valence-corrected chi connectivity index (χ4v) is 3.47. The number of anilines is 2. The third kappa shape index (κ3) is 4.12. The smallest absolute Gasteiger partial charge is 0.212 e. The Morgan fingerprint density at radius 3 is 2.56 bits per heavy atom. The predicted molar refractivity (Wildman–Crippen MR) is 123 cm³/mol. The maximum atomic E-state index is 6.38. The van der Waals surface area contributed by atoms with E-state index in [1.165, 1.54) is 7.11 Å². The number of hydrogen-bond donors (Lipinski definition) is 2. The van der Waals surface area contributed by atoms with Crippen LogP contribution in [0.25, 0.3) is 0 Å². The normalized spacial score (nSPS) is 17.5. The second-order valence-corrected chi connectivity index (χ2v) is 7.44. The number of ether oxygens (including phenoxy) is 4. The fraction of sp³-hybridized carbons (Fsp3) is 0.273. The Morgan fingerprint density at radius 2 is 1.91 bits per heavy atom. The van der Waals surface area contributed by atoms with E-state index in [1.54, 1.807) is 49.8 Å². The van der Waals surface area contributed by atoms with Gasteiger partial charge in [0.25, 0.3) is 0 Å². The molecule has 3 aromatic rings. The van der Waals surface area contributed by atoms with Gasteiger partial charge in [0.15, 0.2) is 17.6 Å². The zero-order chi connectivity index (χ0) is 22.9. The van der Waals surface area contributed by atoms with Gasteiger partial charge in [-0.05, 0) is 48.2 Å². The van der Waals surface area contributed by atoms with Crippen LogP contribution in [0, 0.1) is 0 Å². The summed E-state index contributed by atoms with van der Waals surface area (Å²) in [5.41, 5.74) is 7.72. The lowest BCUT2D eigenvalue weighted by Crippen LogP contribution is -2.37. The van der Waals surface area contributed by atoms with Gasteiger partial charge in [-0.2, -0.15) is 0 Å². The van der Waals surface area contributed by atoms with E-state index >= 15 is 0 Å². The van der Waals surface area contributed by atoms with Gasteiger partial charge >= 0.3 is 0 Å². The van der Waals surface area contributed by atoms with Gasteiger partial charge in [0.2, 0.25) is 11.6 Å². The van der Waals surface area contributed by atoms with Crippen LogP contribution in [0.15, 0.2) is 48.8 Å². The molecule has 32 heavy (non-hydrogen) atoms. The van der Waals surface area contributed by atoms with Crippen LogP contribution in [0.4, 0.5) is 11.5 Å². The zero-order valence-electron chi connectivity index (χ0n) is 18.0. The van der Waals surface area contributed by atoms with Crippen molar-refractivity contribution < 1.29 is 18.9 Å². The Bertz CT molecular complexity index is 1110. The van der Waals surface area contributed by atoms with Crippen LogP contribution in [0.3, 0.4) is 0 Å². The summed E-state index contributed by atoms with van der Waals surface area (Å²) >= 11 is 0. The van der Waals surface area contributed by atoms with Crippen LogP contribution in [-0.2, 0) is 5.34 Å². The molecule has 0 aliphatic carbocycles. The van der Waals surface area contributed by atoms with Crippen molar-refractivity contribution >= 4 is 27.2 Å². The highest BCUT2D eigenvalue weighted by Gasteiger charge is 2.34. The molecule has 0 amide bonds. The molecular formula is C22H22B2N4O4. The number of pyridine rings is 2. The van der Waals surface area contributed by atoms with Crippen molar-refractivity contribution in [2.24, 2.45) is 0 Å². The van der Waals surface area contributed by atoms with Gasteiger partial charge in [-0.25, -0.2) is 9.97 Å². The Hall–Kier alpha value is -3.55. The fourth-order valence-electron chi connectivity index (χ4n) is 3.47. The van der Waals surface area contributed by atoms with E-state index in [4.69, 9.17) is 40.4 Å². The number of methoxy groups -OCH3 is 2. The molecule has 1 aliphatic rings. The minimum absolute atomic E-state index is 0.318. The number of nitrogens with two attached hydrogens (primary N) is 1. The lowest BCUT2D eigenvalue weighted by atomic mass is 9.58. The van der Waals surface area contributed by atoms with Gasteiger partial charge in [0.1, 0.15) is 11.9 Å². The number of rotatable bonds is 6. The molecule has 0 spiro atoms. The summed E-state index contributed by atoms with van der Waals surface area (Å²) in [4.78, 5) is 8.44. The van der Waals surface area contributed by atoms with Crippen LogP contribution in [0.5, 0.6) is 23.1 Å². The minimum atomic E-state index is -1.51. The first kappa shape index (κ1) is 21.7. The van der Waals surface area contributed by atoms with Crippen molar-refractivity contribution in [3.05, 3.63) is 59.9 Å². The molecule has 2 aromatic heterocycles. The topological polar surface area (TPSA) is 101 Å². The summed E-state index contributed by atoms with van der Waals surface area (Å²) in [5.74, 6) is 2.21. The lowest BCUT2D eigenvalue weighted by Gasteiger charge is -2.35. The highest BCUT2D eigenvalue weighted by Crippen LogP contribution is 2.47. The molecule has 1 aliphatic heterocycles. The summed E-state index contributed by atoms with van der Waals surface area (Å²) in [6.07, 6.45) is 2.57. The second kappa shape index (κ2) is 8.53. The molecule has 4 radical (unpaired) electrons. The molecule has 0 saturated carbocycles. The molecule has 0 fully saturated rings. The van der Waals surface area contributed by atoms with E-state index in [0.29, 0.717) is 40.2 Å². The number of nitrogen functional groups attached to an aromatic ring is 1. The van der Waals surface area contributed by atoms with Gasteiger partial charge in [0.05, 0.1) is 35.6 Å². The first-order valence-corrected chi connectivity index (χ1v) is 9.94. The van der Waals surface area contributed by atoms with Crippen LogP contribution in [0.2, 0.25) is 0 Å². The van der Waals surface area contributed by atoms with Gasteiger partial charge in [-0.15, -0.1) is 0 Å². The molecule has 3 N–H and O–H groups in total. The van der Waals surface area contributed by atoms with Crippen LogP contribution in [-0.4, -0.2) is 46.0 Å². The molecule has 4 rings (SSSR count). The first-order valence-electron chi connectivity index (χ1n) is 9.94. The Morgan fingerprint density at radius 1 is 1.09 bits per heavy atom. The predicted octanol–water partition coefficient (Wildman–Crippen LogP) is 2.54. The molecule has 160 valence electrons. The third-order valence-corrected chi connectivity index (χ3v) is 5.16. The number of hydrogen-bond acceptors (Lipinski definition) is 8. The van der Waals surface area contributed by atoms with Crippen molar-refractivity contribution in [1.29, 1.82) is 0 Å². The lowest BCUT2D eigenvalue weighted by molar-refractivity contribution is 0.0277. The number of fused-ring (bicyclic) bond motifs is 1. The number of nitrogens with zero attached hydrogens (tertiary/aromatic N) is 2. The first-order chi connectivity index (χ1) is 15.3. The average Bonchev–Trinajstić information content (AvgIpc) is 2.79. The molecule has 3 heterocycles. The van der Waals surface area contributed by atoms with Crippen LogP contribution < -0.4 is 30.0 Å². The van der Waals surface area contributed by atoms with Gasteiger partial charge in [-0.1, -0.05) is 0 Å². The van der Waals surface area contributed by atoms with Crippen molar-refractivity contribution in [3.8, 4) is 23.1 Å². The highest BCUT2D eigenvalue weighted by molar-refractivity contribution is 6.41. The quantitative estimate of drug-likeness (QED) is 0.578.